The molecule has 15 heteroatoms. The van der Waals surface area contributed by atoms with E-state index in [4.69, 9.17) is 30.8 Å². The summed E-state index contributed by atoms with van der Waals surface area (Å²) in [7, 11) is 2.88. The number of hydrogen-bond acceptors (Lipinski definition) is 10. The van der Waals surface area contributed by atoms with Crippen LogP contribution in [-0.4, -0.2) is 65.4 Å². The normalized spacial score (nSPS) is 17.5. The number of pyridine rings is 3. The number of benzene rings is 1. The van der Waals surface area contributed by atoms with Crippen LogP contribution in [0.15, 0.2) is 48.7 Å². The Kier molecular flexibility index (Phi) is 11.5. The van der Waals surface area contributed by atoms with Gasteiger partial charge in [-0.25, -0.2) is 4.98 Å². The lowest BCUT2D eigenvalue weighted by Crippen LogP contribution is -2.35. The molecule has 3 aromatic heterocycles. The molecule has 1 saturated heterocycles. The van der Waals surface area contributed by atoms with E-state index in [1.54, 1.807) is 32.4 Å². The van der Waals surface area contributed by atoms with Crippen LogP contribution in [0.2, 0.25) is 5.02 Å². The molecular weight excluding hydrogens is 701 g/mol. The van der Waals surface area contributed by atoms with Crippen molar-refractivity contribution in [1.29, 1.82) is 0 Å². The lowest BCUT2D eigenvalue weighted by molar-refractivity contribution is -0.139. The first-order valence-electron chi connectivity index (χ1n) is 17.0. The SMILES string of the molecule is COc1nc(-c2ccnc(-c3cccc4c3CC[C@H]4Oc3nc(OC)c(CNCC(C)O)cc3C(F)(F)F)c2Cl)ccc1CNC[C@H]1CCC(=O)N1. The Balaban J connectivity index is 1.25. The van der Waals surface area contributed by atoms with Gasteiger partial charge in [0.05, 0.1) is 36.7 Å². The van der Waals surface area contributed by atoms with Crippen LogP contribution in [-0.2, 0) is 30.5 Å². The third-order valence-electron chi connectivity index (χ3n) is 9.09. The quantitative estimate of drug-likeness (QED) is 0.126. The number of alkyl halides is 3. The first-order chi connectivity index (χ1) is 25.0. The monoisotopic (exact) mass is 740 g/mol. The Labute approximate surface area is 304 Å². The zero-order valence-corrected chi connectivity index (χ0v) is 29.7. The second-order valence-corrected chi connectivity index (χ2v) is 13.2. The van der Waals surface area contributed by atoms with Crippen LogP contribution in [0.25, 0.3) is 22.5 Å². The Bertz CT molecular complexity index is 1930. The molecule has 1 aromatic carbocycles. The number of amides is 1. The van der Waals surface area contributed by atoms with Crippen LogP contribution in [0.4, 0.5) is 13.2 Å². The minimum Gasteiger partial charge on any atom is -0.481 e. The minimum atomic E-state index is -4.74. The first kappa shape index (κ1) is 37.3. The van der Waals surface area contributed by atoms with Gasteiger partial charge < -0.3 is 35.3 Å². The van der Waals surface area contributed by atoms with Gasteiger partial charge >= 0.3 is 6.18 Å². The molecule has 0 radical (unpaired) electrons. The fraction of sp³-hybridized carbons (Fsp3) is 0.405. The van der Waals surface area contributed by atoms with Crippen molar-refractivity contribution in [3.63, 3.8) is 0 Å². The zero-order valence-electron chi connectivity index (χ0n) is 28.9. The molecule has 1 aliphatic heterocycles. The van der Waals surface area contributed by atoms with Gasteiger partial charge in [0.2, 0.25) is 23.5 Å². The summed E-state index contributed by atoms with van der Waals surface area (Å²) in [5, 5.41) is 19.1. The molecule has 1 amide bonds. The molecule has 0 saturated carbocycles. The van der Waals surface area contributed by atoms with E-state index in [1.165, 1.54) is 7.11 Å². The predicted molar refractivity (Wildman–Crippen MR) is 188 cm³/mol. The molecule has 4 N–H and O–H groups in total. The molecule has 2 aliphatic rings. The summed E-state index contributed by atoms with van der Waals surface area (Å²) in [6, 6.07) is 12.1. The minimum absolute atomic E-state index is 0.00513. The highest BCUT2D eigenvalue weighted by Gasteiger charge is 2.39. The second kappa shape index (κ2) is 16.0. The summed E-state index contributed by atoms with van der Waals surface area (Å²) < 4.78 is 59.9. The Hall–Kier alpha value is -4.50. The van der Waals surface area contributed by atoms with Crippen LogP contribution in [0.3, 0.4) is 0 Å². The lowest BCUT2D eigenvalue weighted by Gasteiger charge is -2.21. The molecule has 4 aromatic rings. The molecule has 0 spiro atoms. The van der Waals surface area contributed by atoms with E-state index in [2.05, 4.69) is 25.9 Å². The average Bonchev–Trinajstić information content (AvgIpc) is 3.73. The fourth-order valence-corrected chi connectivity index (χ4v) is 6.91. The number of halogens is 4. The Morgan fingerprint density at radius 2 is 1.75 bits per heavy atom. The van der Waals surface area contributed by atoms with Crippen molar-refractivity contribution < 1.29 is 37.3 Å². The maximum Gasteiger partial charge on any atom is 0.421 e. The number of nitrogens with zero attached hydrogens (tertiary/aromatic N) is 3. The van der Waals surface area contributed by atoms with Crippen molar-refractivity contribution in [2.24, 2.45) is 0 Å². The molecule has 276 valence electrons. The predicted octanol–water partition coefficient (Wildman–Crippen LogP) is 5.80. The highest BCUT2D eigenvalue weighted by atomic mass is 35.5. The van der Waals surface area contributed by atoms with Crippen LogP contribution >= 0.6 is 11.6 Å². The first-order valence-corrected chi connectivity index (χ1v) is 17.4. The number of fused-ring (bicyclic) bond motifs is 1. The topological polar surface area (TPSA) is 140 Å². The smallest absolute Gasteiger partial charge is 0.421 e. The molecule has 52 heavy (non-hydrogen) atoms. The number of ether oxygens (including phenoxy) is 3. The van der Waals surface area contributed by atoms with Crippen molar-refractivity contribution in [2.45, 2.75) is 70.1 Å². The lowest BCUT2D eigenvalue weighted by atomic mass is 9.98. The number of aromatic nitrogens is 3. The fourth-order valence-electron chi connectivity index (χ4n) is 6.60. The molecular formula is C37H40ClF3N6O5. The third-order valence-corrected chi connectivity index (χ3v) is 9.48. The van der Waals surface area contributed by atoms with E-state index < -0.39 is 29.8 Å². The molecule has 0 bridgehead atoms. The van der Waals surface area contributed by atoms with Gasteiger partial charge in [-0.3, -0.25) is 9.78 Å². The van der Waals surface area contributed by atoms with Gasteiger partial charge in [0, 0.05) is 67.1 Å². The van der Waals surface area contributed by atoms with Crippen LogP contribution < -0.4 is 30.2 Å². The number of hydrogen-bond donors (Lipinski definition) is 4. The van der Waals surface area contributed by atoms with E-state index in [0.29, 0.717) is 65.8 Å². The van der Waals surface area contributed by atoms with Crippen molar-refractivity contribution in [3.8, 4) is 40.2 Å². The van der Waals surface area contributed by atoms with Gasteiger partial charge in [0.15, 0.2) is 0 Å². The number of carbonyl (C=O) groups is 1. The van der Waals surface area contributed by atoms with E-state index in [-0.39, 0.29) is 36.5 Å². The Morgan fingerprint density at radius 1 is 0.981 bits per heavy atom. The van der Waals surface area contributed by atoms with Crippen molar-refractivity contribution >= 4 is 17.5 Å². The van der Waals surface area contributed by atoms with Gasteiger partial charge in [-0.1, -0.05) is 35.9 Å². The highest BCUT2D eigenvalue weighted by molar-refractivity contribution is 6.35. The zero-order chi connectivity index (χ0) is 37.0. The molecule has 3 atom stereocenters. The van der Waals surface area contributed by atoms with Crippen LogP contribution in [0.5, 0.6) is 17.6 Å². The van der Waals surface area contributed by atoms with Gasteiger partial charge in [0.25, 0.3) is 0 Å². The van der Waals surface area contributed by atoms with Crippen molar-refractivity contribution in [1.82, 2.24) is 30.9 Å². The summed E-state index contributed by atoms with van der Waals surface area (Å²) in [4.78, 5) is 25.0. The number of aliphatic hydroxyl groups excluding tert-OH is 1. The molecule has 11 nitrogen and oxygen atoms in total. The summed E-state index contributed by atoms with van der Waals surface area (Å²) in [6.07, 6.45) is -2.24. The third kappa shape index (κ3) is 8.25. The van der Waals surface area contributed by atoms with E-state index in [9.17, 15) is 23.1 Å². The van der Waals surface area contributed by atoms with Crippen LogP contribution in [0, 0.1) is 0 Å². The number of aliphatic hydroxyl groups is 1. The molecule has 4 heterocycles. The standard InChI is InChI=1S/C37H40ClF3N6O5/c1-20(48)16-42-18-22-15-28(37(39,40)41)36(47-35(22)51-3)52-30-11-9-24-25(30)5-4-6-26(24)33-32(38)27(13-14-44-33)29-10-7-21(34(46-29)50-2)17-43-19-23-8-12-31(49)45-23/h4-7,10,13-15,20,23,30,42-43,48H,8-9,11-12,16-19H2,1-3H3,(H,45,49)/t20?,23-,30-/m1/s1. The highest BCUT2D eigenvalue weighted by Crippen LogP contribution is 2.45. The molecule has 1 fully saturated rings. The average molecular weight is 741 g/mol. The summed E-state index contributed by atoms with van der Waals surface area (Å²) in [5.41, 5.74) is 4.05. The molecule has 1 unspecified atom stereocenters. The van der Waals surface area contributed by atoms with Crippen molar-refractivity contribution in [2.75, 3.05) is 27.3 Å². The van der Waals surface area contributed by atoms with Crippen LogP contribution in [0.1, 0.15) is 60.1 Å². The van der Waals surface area contributed by atoms with Gasteiger partial charge in [-0.2, -0.15) is 18.2 Å². The number of rotatable bonds is 14. The van der Waals surface area contributed by atoms with E-state index in [1.807, 2.05) is 24.3 Å². The number of nitrogens with one attached hydrogen (secondary N) is 3. The molecule has 6 rings (SSSR count). The summed E-state index contributed by atoms with van der Waals surface area (Å²) in [6.45, 7) is 2.90. The van der Waals surface area contributed by atoms with Gasteiger partial charge in [-0.15, -0.1) is 0 Å². The summed E-state index contributed by atoms with van der Waals surface area (Å²) >= 11 is 7.03. The van der Waals surface area contributed by atoms with Gasteiger partial charge in [0.1, 0.15) is 11.7 Å². The number of methoxy groups -OCH3 is 2. The van der Waals surface area contributed by atoms with E-state index >= 15 is 0 Å². The van der Waals surface area contributed by atoms with Crippen molar-refractivity contribution in [3.05, 3.63) is 81.5 Å². The maximum absolute atomic E-state index is 14.3. The van der Waals surface area contributed by atoms with Gasteiger partial charge in [-0.05, 0) is 55.5 Å². The summed E-state index contributed by atoms with van der Waals surface area (Å²) in [5.74, 6) is -0.0810. The Morgan fingerprint density at radius 3 is 2.46 bits per heavy atom. The maximum atomic E-state index is 14.3. The second-order valence-electron chi connectivity index (χ2n) is 12.8. The molecule has 1 aliphatic carbocycles. The largest absolute Gasteiger partial charge is 0.481 e. The van der Waals surface area contributed by atoms with E-state index in [0.717, 1.165) is 29.2 Å². The number of carbonyl (C=O) groups excluding carboxylic acids is 1.